The summed E-state index contributed by atoms with van der Waals surface area (Å²) in [6.45, 7) is 1.53. The van der Waals surface area contributed by atoms with Crippen LogP contribution in [0.25, 0.3) is 0 Å². The summed E-state index contributed by atoms with van der Waals surface area (Å²) in [7, 11) is 1.42. The van der Waals surface area contributed by atoms with Crippen molar-refractivity contribution in [2.75, 3.05) is 13.7 Å². The molecule has 0 unspecified atom stereocenters. The van der Waals surface area contributed by atoms with E-state index in [-0.39, 0.29) is 39.9 Å². The lowest BCUT2D eigenvalue weighted by Crippen LogP contribution is -2.36. The number of nitrogens with one attached hydrogen (secondary N) is 1. The highest BCUT2D eigenvalue weighted by Gasteiger charge is 2.16. The molecule has 2 rings (SSSR count). The molecule has 0 aromatic heterocycles. The number of hydrogen-bond acceptors (Lipinski definition) is 4. The van der Waals surface area contributed by atoms with Crippen LogP contribution in [0.5, 0.6) is 5.75 Å². The van der Waals surface area contributed by atoms with Crippen LogP contribution in [-0.2, 0) is 16.0 Å². The van der Waals surface area contributed by atoms with Crippen LogP contribution < -0.4 is 10.1 Å². The minimum atomic E-state index is -0.687. The summed E-state index contributed by atoms with van der Waals surface area (Å²) < 4.78 is 10.1. The number of carbonyl (C=O) groups excluding carboxylic acids is 2. The second-order valence-electron chi connectivity index (χ2n) is 6.04. The number of halogens is 2. The minimum Gasteiger partial charge on any atom is -0.494 e. The summed E-state index contributed by atoms with van der Waals surface area (Å²) in [5, 5.41) is 3.19. The number of hydrogen-bond donors (Lipinski definition) is 1. The molecule has 0 heterocycles. The number of methoxy groups -OCH3 is 1. The van der Waals surface area contributed by atoms with Gasteiger partial charge in [-0.15, -0.1) is 0 Å². The molecule has 1 N–H and O–H groups in total. The predicted octanol–water partition coefficient (Wildman–Crippen LogP) is 4.30. The van der Waals surface area contributed by atoms with Gasteiger partial charge in [-0.3, -0.25) is 4.79 Å². The first-order chi connectivity index (χ1) is 12.9. The van der Waals surface area contributed by atoms with Crippen LogP contribution in [-0.4, -0.2) is 31.6 Å². The van der Waals surface area contributed by atoms with Gasteiger partial charge in [0.25, 0.3) is 5.91 Å². The second kappa shape index (κ2) is 10.2. The molecule has 0 spiro atoms. The van der Waals surface area contributed by atoms with Crippen molar-refractivity contribution in [2.45, 2.75) is 25.8 Å². The number of rotatable bonds is 8. The van der Waals surface area contributed by atoms with E-state index in [9.17, 15) is 9.59 Å². The Morgan fingerprint density at radius 3 is 2.33 bits per heavy atom. The van der Waals surface area contributed by atoms with Gasteiger partial charge in [-0.25, -0.2) is 4.79 Å². The third-order valence-electron chi connectivity index (χ3n) is 3.89. The van der Waals surface area contributed by atoms with E-state index in [1.165, 1.54) is 24.8 Å². The van der Waals surface area contributed by atoms with Crippen LogP contribution in [0.15, 0.2) is 42.5 Å². The zero-order valence-electron chi connectivity index (χ0n) is 15.1. The fraction of sp³-hybridized carbons (Fsp3) is 0.300. The van der Waals surface area contributed by atoms with E-state index in [1.54, 1.807) is 0 Å². The molecule has 0 fully saturated rings. The predicted molar refractivity (Wildman–Crippen MR) is 106 cm³/mol. The van der Waals surface area contributed by atoms with E-state index in [4.69, 9.17) is 32.7 Å². The van der Waals surface area contributed by atoms with Crippen LogP contribution in [0.2, 0.25) is 10.0 Å². The Labute approximate surface area is 168 Å². The highest BCUT2D eigenvalue weighted by atomic mass is 35.5. The van der Waals surface area contributed by atoms with Gasteiger partial charge in [0.1, 0.15) is 0 Å². The van der Waals surface area contributed by atoms with Gasteiger partial charge in [-0.1, -0.05) is 53.5 Å². The van der Waals surface area contributed by atoms with Gasteiger partial charge in [0.2, 0.25) is 0 Å². The minimum absolute atomic E-state index is 0.0405. The molecule has 0 aliphatic rings. The van der Waals surface area contributed by atoms with E-state index in [0.29, 0.717) is 0 Å². The molecule has 2 aromatic rings. The van der Waals surface area contributed by atoms with Gasteiger partial charge in [-0.05, 0) is 37.5 Å². The molecule has 0 bridgehead atoms. The molecule has 5 nitrogen and oxygen atoms in total. The summed E-state index contributed by atoms with van der Waals surface area (Å²) in [4.78, 5) is 24.1. The Bertz CT molecular complexity index is 773. The summed E-state index contributed by atoms with van der Waals surface area (Å²) in [6.07, 6.45) is 1.64. The number of ether oxygens (including phenoxy) is 2. The first-order valence-electron chi connectivity index (χ1n) is 8.44. The number of amides is 1. The third-order valence-corrected chi connectivity index (χ3v) is 4.45. The van der Waals surface area contributed by atoms with Gasteiger partial charge in [-0.2, -0.15) is 0 Å². The molecule has 27 heavy (non-hydrogen) atoms. The maximum absolute atomic E-state index is 12.1. The van der Waals surface area contributed by atoms with Crippen molar-refractivity contribution >= 4 is 35.1 Å². The van der Waals surface area contributed by atoms with Crippen molar-refractivity contribution < 1.29 is 19.1 Å². The van der Waals surface area contributed by atoms with Gasteiger partial charge >= 0.3 is 5.97 Å². The molecule has 0 saturated carbocycles. The second-order valence-corrected chi connectivity index (χ2v) is 6.86. The maximum atomic E-state index is 12.1. The van der Waals surface area contributed by atoms with Crippen LogP contribution in [0.3, 0.4) is 0 Å². The van der Waals surface area contributed by atoms with Gasteiger partial charge in [0.15, 0.2) is 12.4 Å². The highest BCUT2D eigenvalue weighted by Crippen LogP contribution is 2.33. The summed E-state index contributed by atoms with van der Waals surface area (Å²) in [5.74, 6) is -0.775. The van der Waals surface area contributed by atoms with Crippen LogP contribution >= 0.6 is 23.2 Å². The standard InChI is InChI=1S/C20H21Cl2NO4/c1-13(8-9-14-6-4-3-5-7-14)23-18(24)12-27-20(25)15-10-16(21)19(26-2)17(22)11-15/h3-7,10-11,13H,8-9,12H2,1-2H3,(H,23,24)/t13-/m1/s1. The first-order valence-corrected chi connectivity index (χ1v) is 9.19. The Morgan fingerprint density at radius 2 is 1.74 bits per heavy atom. The third kappa shape index (κ3) is 6.45. The smallest absolute Gasteiger partial charge is 0.338 e. The maximum Gasteiger partial charge on any atom is 0.338 e. The fourth-order valence-corrected chi connectivity index (χ4v) is 3.15. The van der Waals surface area contributed by atoms with E-state index in [2.05, 4.69) is 5.32 Å². The van der Waals surface area contributed by atoms with E-state index in [0.717, 1.165) is 12.8 Å². The topological polar surface area (TPSA) is 64.6 Å². The molecular weight excluding hydrogens is 389 g/mol. The number of aryl methyl sites for hydroxylation is 1. The quantitative estimate of drug-likeness (QED) is 0.660. The van der Waals surface area contributed by atoms with Gasteiger partial charge < -0.3 is 14.8 Å². The molecule has 1 atom stereocenters. The van der Waals surface area contributed by atoms with Crippen molar-refractivity contribution in [3.05, 3.63) is 63.6 Å². The molecule has 144 valence electrons. The monoisotopic (exact) mass is 409 g/mol. The zero-order chi connectivity index (χ0) is 19.8. The molecule has 0 saturated heterocycles. The molecular formula is C20H21Cl2NO4. The molecule has 1 amide bonds. The highest BCUT2D eigenvalue weighted by molar-refractivity contribution is 6.37. The van der Waals surface area contributed by atoms with E-state index >= 15 is 0 Å². The van der Waals surface area contributed by atoms with Crippen LogP contribution in [0, 0.1) is 0 Å². The average molecular weight is 410 g/mol. The van der Waals surface area contributed by atoms with E-state index in [1.807, 2.05) is 37.3 Å². The van der Waals surface area contributed by atoms with Crippen molar-refractivity contribution in [1.29, 1.82) is 0 Å². The molecule has 0 aliphatic heterocycles. The largest absolute Gasteiger partial charge is 0.494 e. The van der Waals surface area contributed by atoms with Crippen molar-refractivity contribution in [3.63, 3.8) is 0 Å². The Hall–Kier alpha value is -2.24. The van der Waals surface area contributed by atoms with Crippen molar-refractivity contribution in [2.24, 2.45) is 0 Å². The number of carbonyl (C=O) groups is 2. The average Bonchev–Trinajstić information content (AvgIpc) is 2.65. The van der Waals surface area contributed by atoms with Crippen LogP contribution in [0.4, 0.5) is 0 Å². The normalized spacial score (nSPS) is 11.6. The SMILES string of the molecule is COc1c(Cl)cc(C(=O)OCC(=O)N[C@H](C)CCc2ccccc2)cc1Cl. The van der Waals surface area contributed by atoms with Crippen molar-refractivity contribution in [1.82, 2.24) is 5.32 Å². The number of benzene rings is 2. The first kappa shape index (κ1) is 21.1. The van der Waals surface area contributed by atoms with Crippen LogP contribution in [0.1, 0.15) is 29.3 Å². The lowest BCUT2D eigenvalue weighted by Gasteiger charge is -2.14. The fourth-order valence-electron chi connectivity index (χ4n) is 2.50. The lowest BCUT2D eigenvalue weighted by atomic mass is 10.1. The molecule has 0 aliphatic carbocycles. The summed E-state index contributed by atoms with van der Waals surface area (Å²) >= 11 is 12.0. The van der Waals surface area contributed by atoms with Crippen molar-refractivity contribution in [3.8, 4) is 5.75 Å². The summed E-state index contributed by atoms with van der Waals surface area (Å²) in [5.41, 5.74) is 1.36. The molecule has 2 aromatic carbocycles. The van der Waals surface area contributed by atoms with Gasteiger partial charge in [0.05, 0.1) is 22.7 Å². The lowest BCUT2D eigenvalue weighted by molar-refractivity contribution is -0.124. The number of esters is 1. The zero-order valence-corrected chi connectivity index (χ0v) is 16.6. The molecule has 0 radical (unpaired) electrons. The summed E-state index contributed by atoms with van der Waals surface area (Å²) in [6, 6.07) is 12.7. The Kier molecular flexibility index (Phi) is 7.95. The van der Waals surface area contributed by atoms with E-state index < -0.39 is 5.97 Å². The Balaban J connectivity index is 1.80. The Morgan fingerprint density at radius 1 is 1.11 bits per heavy atom. The molecule has 7 heteroatoms. The van der Waals surface area contributed by atoms with Gasteiger partial charge in [0, 0.05) is 6.04 Å².